The number of carbonyl (C=O) groups is 2. The van der Waals surface area contributed by atoms with Crippen molar-refractivity contribution in [1.29, 1.82) is 0 Å². The van der Waals surface area contributed by atoms with Crippen LogP contribution in [-0.2, 0) is 16.1 Å². The van der Waals surface area contributed by atoms with Crippen molar-refractivity contribution in [3.8, 4) is 5.75 Å². The minimum Gasteiger partial charge on any atom is -0.479 e. The summed E-state index contributed by atoms with van der Waals surface area (Å²) >= 11 is 5.99. The van der Waals surface area contributed by atoms with Gasteiger partial charge in [0.05, 0.1) is 12.2 Å². The van der Waals surface area contributed by atoms with Crippen LogP contribution < -0.4 is 15.0 Å². The molecule has 2 aromatic carbocycles. The average Bonchev–Trinajstić information content (AvgIpc) is 2.78. The highest BCUT2D eigenvalue weighted by Crippen LogP contribution is 2.37. The van der Waals surface area contributed by atoms with Gasteiger partial charge in [0.2, 0.25) is 5.91 Å². The quantitative estimate of drug-likeness (QED) is 0.603. The Kier molecular flexibility index (Phi) is 6.81. The fraction of sp³-hybridized carbons (Fsp3) is 0.440. The molecule has 1 aliphatic heterocycles. The third kappa shape index (κ3) is 5.40. The lowest BCUT2D eigenvalue weighted by Gasteiger charge is -2.33. The van der Waals surface area contributed by atoms with E-state index in [1.54, 1.807) is 11.8 Å². The van der Waals surface area contributed by atoms with Crippen molar-refractivity contribution in [2.45, 2.75) is 64.5 Å². The van der Waals surface area contributed by atoms with Crippen LogP contribution in [0.4, 0.5) is 11.4 Å². The third-order valence-electron chi connectivity index (χ3n) is 6.21. The maximum absolute atomic E-state index is 12.9. The summed E-state index contributed by atoms with van der Waals surface area (Å²) in [7, 11) is 0. The highest BCUT2D eigenvalue weighted by atomic mass is 35.5. The Morgan fingerprint density at radius 2 is 1.87 bits per heavy atom. The minimum absolute atomic E-state index is 0.0196. The molecule has 0 radical (unpaired) electrons. The maximum Gasteiger partial charge on any atom is 0.268 e. The molecule has 2 amide bonds. The van der Waals surface area contributed by atoms with Crippen LogP contribution in [0.2, 0.25) is 5.02 Å². The Bertz CT molecular complexity index is 938. The van der Waals surface area contributed by atoms with Crippen molar-refractivity contribution < 1.29 is 14.3 Å². The van der Waals surface area contributed by atoms with Crippen molar-refractivity contribution in [3.05, 3.63) is 53.1 Å². The Morgan fingerprint density at radius 1 is 1.13 bits per heavy atom. The van der Waals surface area contributed by atoms with Gasteiger partial charge >= 0.3 is 0 Å². The molecule has 164 valence electrons. The summed E-state index contributed by atoms with van der Waals surface area (Å²) in [6.07, 6.45) is 7.29. The first kappa shape index (κ1) is 21.7. The second kappa shape index (κ2) is 9.73. The number of anilines is 2. The number of amides is 2. The largest absolute Gasteiger partial charge is 0.479 e. The van der Waals surface area contributed by atoms with Gasteiger partial charge < -0.3 is 15.0 Å². The molecule has 0 saturated heterocycles. The van der Waals surface area contributed by atoms with Crippen molar-refractivity contribution >= 4 is 34.8 Å². The Labute approximate surface area is 188 Å². The summed E-state index contributed by atoms with van der Waals surface area (Å²) in [4.78, 5) is 27.1. The molecule has 1 aliphatic carbocycles. The highest BCUT2D eigenvalue weighted by molar-refractivity contribution is 6.30. The second-order valence-electron chi connectivity index (χ2n) is 8.58. The van der Waals surface area contributed by atoms with Crippen LogP contribution in [0.1, 0.15) is 57.4 Å². The molecular weight excluding hydrogens is 412 g/mol. The molecule has 4 rings (SSSR count). The molecule has 2 aromatic rings. The maximum atomic E-state index is 12.9. The van der Waals surface area contributed by atoms with Crippen molar-refractivity contribution in [1.82, 2.24) is 0 Å². The van der Waals surface area contributed by atoms with Crippen molar-refractivity contribution in [2.75, 3.05) is 10.2 Å². The van der Waals surface area contributed by atoms with Gasteiger partial charge in [-0.3, -0.25) is 9.59 Å². The molecule has 6 heteroatoms. The van der Waals surface area contributed by atoms with Gasteiger partial charge in [-0.05, 0) is 55.2 Å². The first-order valence-corrected chi connectivity index (χ1v) is 11.5. The molecule has 0 spiro atoms. The Balaban J connectivity index is 1.47. The van der Waals surface area contributed by atoms with E-state index in [0.29, 0.717) is 41.0 Å². The lowest BCUT2D eigenvalue weighted by molar-refractivity contribution is -0.125. The van der Waals surface area contributed by atoms with Crippen LogP contribution in [0.25, 0.3) is 0 Å². The normalized spacial score (nSPS) is 19.0. The van der Waals surface area contributed by atoms with E-state index >= 15 is 0 Å². The van der Waals surface area contributed by atoms with E-state index in [9.17, 15) is 9.59 Å². The molecule has 0 bridgehead atoms. The molecule has 0 aromatic heterocycles. The van der Waals surface area contributed by atoms with Gasteiger partial charge in [0.25, 0.3) is 5.91 Å². The first-order chi connectivity index (χ1) is 15.0. The van der Waals surface area contributed by atoms with Crippen LogP contribution in [0.5, 0.6) is 5.75 Å². The fourth-order valence-electron chi connectivity index (χ4n) is 4.45. The fourth-order valence-corrected chi connectivity index (χ4v) is 4.58. The zero-order chi connectivity index (χ0) is 21.8. The number of carbonyl (C=O) groups excluding carboxylic acids is 2. The van der Waals surface area contributed by atoms with Crippen LogP contribution in [-0.4, -0.2) is 17.9 Å². The monoisotopic (exact) mass is 440 g/mol. The SMILES string of the molecule is CC1Oc2ccc(NC(=O)CCC3CCCCC3)cc2N(Cc2ccc(Cl)cc2)C1=O. The van der Waals surface area contributed by atoms with Gasteiger partial charge in [-0.25, -0.2) is 0 Å². The summed E-state index contributed by atoms with van der Waals surface area (Å²) in [5.74, 6) is 1.22. The molecule has 1 unspecified atom stereocenters. The van der Waals surface area contributed by atoms with Crippen LogP contribution in [0, 0.1) is 5.92 Å². The number of fused-ring (bicyclic) bond motifs is 1. The van der Waals surface area contributed by atoms with Gasteiger partial charge in [0, 0.05) is 17.1 Å². The smallest absolute Gasteiger partial charge is 0.268 e. The number of rotatable bonds is 6. The Morgan fingerprint density at radius 3 is 2.61 bits per heavy atom. The summed E-state index contributed by atoms with van der Waals surface area (Å²) in [5.41, 5.74) is 2.32. The third-order valence-corrected chi connectivity index (χ3v) is 6.46. The second-order valence-corrected chi connectivity index (χ2v) is 9.02. The van der Waals surface area contributed by atoms with E-state index in [1.165, 1.54) is 32.1 Å². The van der Waals surface area contributed by atoms with Crippen LogP contribution in [0.3, 0.4) is 0 Å². The number of hydrogen-bond acceptors (Lipinski definition) is 3. The van der Waals surface area contributed by atoms with Gasteiger partial charge in [-0.2, -0.15) is 0 Å². The zero-order valence-corrected chi connectivity index (χ0v) is 18.7. The summed E-state index contributed by atoms with van der Waals surface area (Å²) in [6.45, 7) is 2.16. The summed E-state index contributed by atoms with van der Waals surface area (Å²) in [6, 6.07) is 12.9. The van der Waals surface area contributed by atoms with E-state index in [-0.39, 0.29) is 11.8 Å². The van der Waals surface area contributed by atoms with Gasteiger partial charge in [0.15, 0.2) is 6.10 Å². The van der Waals surface area contributed by atoms with Crippen molar-refractivity contribution in [3.63, 3.8) is 0 Å². The summed E-state index contributed by atoms with van der Waals surface area (Å²) in [5, 5.41) is 3.66. The number of nitrogens with zero attached hydrogens (tertiary/aromatic N) is 1. The molecule has 1 saturated carbocycles. The predicted octanol–water partition coefficient (Wildman–Crippen LogP) is 5.95. The molecule has 2 aliphatic rings. The lowest BCUT2D eigenvalue weighted by atomic mass is 9.86. The molecular formula is C25H29ClN2O3. The highest BCUT2D eigenvalue weighted by Gasteiger charge is 2.32. The van der Waals surface area contributed by atoms with Gasteiger partial charge in [-0.1, -0.05) is 55.8 Å². The Hall–Kier alpha value is -2.53. The lowest BCUT2D eigenvalue weighted by Crippen LogP contribution is -2.44. The van der Waals surface area contributed by atoms with Gasteiger partial charge in [0.1, 0.15) is 5.75 Å². The summed E-state index contributed by atoms with van der Waals surface area (Å²) < 4.78 is 5.79. The minimum atomic E-state index is -0.560. The van der Waals surface area contributed by atoms with Crippen molar-refractivity contribution in [2.24, 2.45) is 5.92 Å². The molecule has 1 N–H and O–H groups in total. The van der Waals surface area contributed by atoms with E-state index in [1.807, 2.05) is 42.5 Å². The molecule has 1 heterocycles. The number of halogens is 1. The van der Waals surface area contributed by atoms with Crippen LogP contribution in [0.15, 0.2) is 42.5 Å². The zero-order valence-electron chi connectivity index (χ0n) is 17.9. The molecule has 5 nitrogen and oxygen atoms in total. The topological polar surface area (TPSA) is 58.6 Å². The first-order valence-electron chi connectivity index (χ1n) is 11.2. The number of hydrogen-bond donors (Lipinski definition) is 1. The van der Waals surface area contributed by atoms with E-state index in [4.69, 9.17) is 16.3 Å². The van der Waals surface area contributed by atoms with E-state index < -0.39 is 6.10 Å². The molecule has 31 heavy (non-hydrogen) atoms. The van der Waals surface area contributed by atoms with Crippen LogP contribution >= 0.6 is 11.6 Å². The van der Waals surface area contributed by atoms with Gasteiger partial charge in [-0.15, -0.1) is 0 Å². The average molecular weight is 441 g/mol. The molecule has 1 fully saturated rings. The van der Waals surface area contributed by atoms with E-state index in [0.717, 1.165) is 12.0 Å². The standard InChI is InChI=1S/C25H29ClN2O3/c1-17-25(30)28(16-19-7-10-20(26)11-8-19)22-15-21(12-13-23(22)31-17)27-24(29)14-9-18-5-3-2-4-6-18/h7-8,10-13,15,17-18H,2-6,9,14,16H2,1H3,(H,27,29). The number of ether oxygens (including phenoxy) is 1. The number of benzene rings is 2. The molecule has 1 atom stereocenters. The predicted molar refractivity (Wildman–Crippen MR) is 124 cm³/mol. The number of nitrogens with one attached hydrogen (secondary N) is 1. The van der Waals surface area contributed by atoms with E-state index in [2.05, 4.69) is 5.32 Å².